The summed E-state index contributed by atoms with van der Waals surface area (Å²) in [5.74, 6) is 0.562. The number of benzene rings is 1. The minimum absolute atomic E-state index is 0.413. The molecule has 150 valence electrons. The molecule has 2 aromatic rings. The maximum absolute atomic E-state index is 6.20. The first-order chi connectivity index (χ1) is 13.7. The van der Waals surface area contributed by atoms with E-state index in [1.54, 1.807) is 0 Å². The van der Waals surface area contributed by atoms with E-state index in [9.17, 15) is 0 Å². The Labute approximate surface area is 167 Å². The normalized spacial score (nSPS) is 18.8. The number of fused-ring (bicyclic) bond motifs is 1. The van der Waals surface area contributed by atoms with Crippen LogP contribution in [0.25, 0.3) is 0 Å². The summed E-state index contributed by atoms with van der Waals surface area (Å²) in [5, 5.41) is 8.10. The van der Waals surface area contributed by atoms with Crippen molar-refractivity contribution in [1.29, 1.82) is 0 Å². The number of hydrogen-bond acceptors (Lipinski definition) is 3. The molecule has 1 saturated heterocycles. The maximum atomic E-state index is 6.20. The van der Waals surface area contributed by atoms with Gasteiger partial charge in [0.1, 0.15) is 0 Å². The van der Waals surface area contributed by atoms with Crippen LogP contribution >= 0.6 is 0 Å². The van der Waals surface area contributed by atoms with Crippen molar-refractivity contribution in [3.05, 3.63) is 52.8 Å². The number of aromatic nitrogens is 2. The van der Waals surface area contributed by atoms with E-state index >= 15 is 0 Å². The highest BCUT2D eigenvalue weighted by Crippen LogP contribution is 2.24. The SMILES string of the molecule is Cn1nc2c(c1CN=C(N)NC1CCN(Cc3ccccc3)CC1)CCCC2. The minimum Gasteiger partial charge on any atom is -0.370 e. The molecule has 0 spiro atoms. The zero-order valence-corrected chi connectivity index (χ0v) is 16.9. The molecular weight excluding hydrogens is 348 g/mol. The van der Waals surface area contributed by atoms with Crippen molar-refractivity contribution in [2.45, 2.75) is 57.7 Å². The van der Waals surface area contributed by atoms with Gasteiger partial charge >= 0.3 is 0 Å². The molecule has 1 fully saturated rings. The summed E-state index contributed by atoms with van der Waals surface area (Å²) in [4.78, 5) is 7.14. The fourth-order valence-electron chi connectivity index (χ4n) is 4.44. The highest BCUT2D eigenvalue weighted by Gasteiger charge is 2.21. The van der Waals surface area contributed by atoms with Gasteiger partial charge in [0.15, 0.2) is 5.96 Å². The Morgan fingerprint density at radius 3 is 2.71 bits per heavy atom. The molecule has 1 aliphatic carbocycles. The average molecular weight is 381 g/mol. The summed E-state index contributed by atoms with van der Waals surface area (Å²) < 4.78 is 1.99. The van der Waals surface area contributed by atoms with Gasteiger partial charge in [0.05, 0.1) is 17.9 Å². The molecular formula is C22H32N6. The molecule has 0 radical (unpaired) electrons. The van der Waals surface area contributed by atoms with Gasteiger partial charge in [-0.2, -0.15) is 5.10 Å². The zero-order valence-electron chi connectivity index (χ0n) is 16.9. The molecule has 1 aromatic carbocycles. The van der Waals surface area contributed by atoms with Gasteiger partial charge in [-0.1, -0.05) is 30.3 Å². The van der Waals surface area contributed by atoms with E-state index in [0.29, 0.717) is 18.5 Å². The molecule has 1 aliphatic heterocycles. The van der Waals surface area contributed by atoms with Crippen molar-refractivity contribution < 1.29 is 0 Å². The van der Waals surface area contributed by atoms with Gasteiger partial charge in [-0.3, -0.25) is 9.58 Å². The number of nitrogens with two attached hydrogens (primary N) is 1. The van der Waals surface area contributed by atoms with Crippen LogP contribution in [0.4, 0.5) is 0 Å². The Hall–Kier alpha value is -2.34. The number of aryl methyl sites for hydroxylation is 2. The lowest BCUT2D eigenvalue weighted by Crippen LogP contribution is -2.46. The van der Waals surface area contributed by atoms with E-state index in [-0.39, 0.29) is 0 Å². The fourth-order valence-corrected chi connectivity index (χ4v) is 4.44. The van der Waals surface area contributed by atoms with Gasteiger partial charge in [-0.05, 0) is 49.7 Å². The summed E-state index contributed by atoms with van der Waals surface area (Å²) in [6, 6.07) is 11.1. The van der Waals surface area contributed by atoms with E-state index in [1.165, 1.54) is 35.4 Å². The van der Waals surface area contributed by atoms with Crippen molar-refractivity contribution in [2.75, 3.05) is 13.1 Å². The number of piperidine rings is 1. The maximum Gasteiger partial charge on any atom is 0.189 e. The van der Waals surface area contributed by atoms with E-state index < -0.39 is 0 Å². The van der Waals surface area contributed by atoms with Crippen LogP contribution in [0.2, 0.25) is 0 Å². The third-order valence-electron chi connectivity index (χ3n) is 6.04. The molecule has 3 N–H and O–H groups in total. The van der Waals surface area contributed by atoms with Crippen LogP contribution in [0, 0.1) is 0 Å². The molecule has 0 unspecified atom stereocenters. The molecule has 4 rings (SSSR count). The van der Waals surface area contributed by atoms with Gasteiger partial charge in [-0.25, -0.2) is 4.99 Å². The predicted molar refractivity (Wildman–Crippen MR) is 113 cm³/mol. The van der Waals surface area contributed by atoms with E-state index in [2.05, 4.69) is 50.6 Å². The molecule has 6 nitrogen and oxygen atoms in total. The number of likely N-dealkylation sites (tertiary alicyclic amines) is 1. The van der Waals surface area contributed by atoms with Crippen molar-refractivity contribution >= 4 is 5.96 Å². The number of guanidine groups is 1. The Kier molecular flexibility index (Phi) is 5.95. The van der Waals surface area contributed by atoms with Crippen LogP contribution in [0.15, 0.2) is 35.3 Å². The molecule has 2 heterocycles. The smallest absolute Gasteiger partial charge is 0.189 e. The Morgan fingerprint density at radius 1 is 1.18 bits per heavy atom. The molecule has 6 heteroatoms. The van der Waals surface area contributed by atoms with E-state index in [1.807, 2.05) is 11.7 Å². The first kappa shape index (κ1) is 19.0. The van der Waals surface area contributed by atoms with Crippen LogP contribution in [0.5, 0.6) is 0 Å². The van der Waals surface area contributed by atoms with Crippen LogP contribution in [0.1, 0.15) is 48.2 Å². The van der Waals surface area contributed by atoms with Crippen molar-refractivity contribution in [2.24, 2.45) is 17.8 Å². The highest BCUT2D eigenvalue weighted by atomic mass is 15.3. The quantitative estimate of drug-likeness (QED) is 0.617. The van der Waals surface area contributed by atoms with Gasteiger partial charge in [0.25, 0.3) is 0 Å². The van der Waals surface area contributed by atoms with Crippen molar-refractivity contribution in [3.8, 4) is 0 Å². The first-order valence-electron chi connectivity index (χ1n) is 10.6. The second kappa shape index (κ2) is 8.78. The Morgan fingerprint density at radius 2 is 1.93 bits per heavy atom. The molecule has 28 heavy (non-hydrogen) atoms. The van der Waals surface area contributed by atoms with E-state index in [4.69, 9.17) is 5.73 Å². The predicted octanol–water partition coefficient (Wildman–Crippen LogP) is 2.37. The number of nitrogens with one attached hydrogen (secondary N) is 1. The lowest BCUT2D eigenvalue weighted by Gasteiger charge is -2.32. The summed E-state index contributed by atoms with van der Waals surface area (Å²) in [5.41, 5.74) is 11.5. The first-order valence-corrected chi connectivity index (χ1v) is 10.6. The van der Waals surface area contributed by atoms with Crippen LogP contribution in [0.3, 0.4) is 0 Å². The van der Waals surface area contributed by atoms with Gasteiger partial charge < -0.3 is 11.1 Å². The van der Waals surface area contributed by atoms with Crippen LogP contribution < -0.4 is 11.1 Å². The summed E-state index contributed by atoms with van der Waals surface area (Å²) in [7, 11) is 2.02. The zero-order chi connectivity index (χ0) is 19.3. The highest BCUT2D eigenvalue weighted by molar-refractivity contribution is 5.78. The van der Waals surface area contributed by atoms with Gasteiger partial charge in [0.2, 0.25) is 0 Å². The van der Waals surface area contributed by atoms with Crippen LogP contribution in [-0.2, 0) is 33.0 Å². The number of nitrogens with zero attached hydrogens (tertiary/aromatic N) is 4. The molecule has 2 aliphatic rings. The molecule has 0 amide bonds. The lowest BCUT2D eigenvalue weighted by molar-refractivity contribution is 0.199. The second-order valence-electron chi connectivity index (χ2n) is 8.08. The third-order valence-corrected chi connectivity index (χ3v) is 6.04. The number of aliphatic imine (C=N–C) groups is 1. The van der Waals surface area contributed by atoms with Gasteiger partial charge in [-0.15, -0.1) is 0 Å². The fraction of sp³-hybridized carbons (Fsp3) is 0.545. The lowest BCUT2D eigenvalue weighted by atomic mass is 9.96. The largest absolute Gasteiger partial charge is 0.370 e. The molecule has 0 atom stereocenters. The number of rotatable bonds is 5. The average Bonchev–Trinajstić information content (AvgIpc) is 3.04. The second-order valence-corrected chi connectivity index (χ2v) is 8.08. The molecule has 0 saturated carbocycles. The minimum atomic E-state index is 0.413. The molecule has 1 aromatic heterocycles. The standard InChI is InChI=1S/C22H32N6/c1-27-21(19-9-5-6-10-20(19)26-27)15-24-22(23)25-18-11-13-28(14-12-18)16-17-7-3-2-4-8-17/h2-4,7-8,18H,5-6,9-16H2,1H3,(H3,23,24,25). The monoisotopic (exact) mass is 380 g/mol. The van der Waals surface area contributed by atoms with Crippen LogP contribution in [-0.4, -0.2) is 39.8 Å². The van der Waals surface area contributed by atoms with Gasteiger partial charge in [0, 0.05) is 32.7 Å². The summed E-state index contributed by atoms with van der Waals surface area (Å²) in [6.07, 6.45) is 6.93. The summed E-state index contributed by atoms with van der Waals surface area (Å²) in [6.45, 7) is 3.83. The van der Waals surface area contributed by atoms with Crippen molar-refractivity contribution in [3.63, 3.8) is 0 Å². The Bertz CT molecular complexity index is 802. The number of hydrogen-bond donors (Lipinski definition) is 2. The molecule has 0 bridgehead atoms. The van der Waals surface area contributed by atoms with Crippen molar-refractivity contribution in [1.82, 2.24) is 20.0 Å². The third kappa shape index (κ3) is 4.55. The van der Waals surface area contributed by atoms with E-state index in [0.717, 1.165) is 45.3 Å². The summed E-state index contributed by atoms with van der Waals surface area (Å²) >= 11 is 0. The Balaban J connectivity index is 1.27. The topological polar surface area (TPSA) is 71.5 Å².